The number of nitrogens with zero attached hydrogens (tertiary/aromatic N) is 2. The van der Waals surface area contributed by atoms with Gasteiger partial charge in [-0.25, -0.2) is 4.98 Å². The van der Waals surface area contributed by atoms with E-state index in [0.29, 0.717) is 0 Å². The van der Waals surface area contributed by atoms with Crippen molar-refractivity contribution in [2.24, 2.45) is 7.05 Å². The summed E-state index contributed by atoms with van der Waals surface area (Å²) in [5, 5.41) is 0. The second-order valence-corrected chi connectivity index (χ2v) is 5.86. The Bertz CT molecular complexity index is 812. The van der Waals surface area contributed by atoms with E-state index in [1.807, 2.05) is 0 Å². The molecule has 2 nitrogen and oxygen atoms in total. The van der Waals surface area contributed by atoms with Crippen LogP contribution in [0.15, 0.2) is 54.7 Å². The highest BCUT2D eigenvalue weighted by atomic mass is 15.0. The molecule has 0 unspecified atom stereocenters. The molecule has 3 rings (SSSR count). The molecule has 0 amide bonds. The number of hydrogen-bond acceptors (Lipinski definition) is 1. The zero-order valence-corrected chi connectivity index (χ0v) is 13.6. The smallest absolute Gasteiger partial charge is 0.233 e. The Kier molecular flexibility index (Phi) is 3.76. The Morgan fingerprint density at radius 2 is 1.68 bits per heavy atom. The highest BCUT2D eigenvalue weighted by Crippen LogP contribution is 2.24. The van der Waals surface area contributed by atoms with E-state index in [1.54, 1.807) is 0 Å². The summed E-state index contributed by atoms with van der Waals surface area (Å²) in [4.78, 5) is 4.84. The minimum absolute atomic E-state index is 1.01. The van der Waals surface area contributed by atoms with Crippen LogP contribution in [0.25, 0.3) is 22.5 Å². The molecular weight excluding hydrogens is 268 g/mol. The molecule has 0 saturated heterocycles. The van der Waals surface area contributed by atoms with Crippen molar-refractivity contribution in [2.75, 3.05) is 0 Å². The monoisotopic (exact) mass is 289 g/mol. The molecule has 2 aromatic carbocycles. The third-order valence-corrected chi connectivity index (χ3v) is 4.01. The average molecular weight is 289 g/mol. The zero-order chi connectivity index (χ0) is 15.7. The van der Waals surface area contributed by atoms with E-state index in [1.165, 1.54) is 22.4 Å². The summed E-state index contributed by atoms with van der Waals surface area (Å²) in [6.07, 6.45) is 2.11. The SMILES string of the molecule is Cc1cccc(-c2c[n+](C)c(-c3ccccc3C)c(C)n2)c1. The number of aryl methyl sites for hydroxylation is 4. The van der Waals surface area contributed by atoms with Crippen LogP contribution in [-0.2, 0) is 7.05 Å². The van der Waals surface area contributed by atoms with Crippen LogP contribution in [0.3, 0.4) is 0 Å². The third kappa shape index (κ3) is 2.64. The summed E-state index contributed by atoms with van der Waals surface area (Å²) >= 11 is 0. The molecule has 0 bridgehead atoms. The van der Waals surface area contributed by atoms with Gasteiger partial charge in [0.1, 0.15) is 18.4 Å². The molecule has 0 aliphatic rings. The van der Waals surface area contributed by atoms with Gasteiger partial charge in [0.2, 0.25) is 5.69 Å². The second-order valence-electron chi connectivity index (χ2n) is 5.86. The number of hydrogen-bond donors (Lipinski definition) is 0. The van der Waals surface area contributed by atoms with E-state index >= 15 is 0 Å². The van der Waals surface area contributed by atoms with Gasteiger partial charge in [-0.05, 0) is 38.5 Å². The fraction of sp³-hybridized carbons (Fsp3) is 0.200. The molecule has 1 heterocycles. The van der Waals surface area contributed by atoms with E-state index in [4.69, 9.17) is 4.98 Å². The molecule has 0 radical (unpaired) electrons. The molecule has 22 heavy (non-hydrogen) atoms. The minimum Gasteiger partial charge on any atom is -0.240 e. The molecule has 0 spiro atoms. The Balaban J connectivity index is 2.16. The predicted molar refractivity (Wildman–Crippen MR) is 90.5 cm³/mol. The quantitative estimate of drug-likeness (QED) is 0.647. The molecule has 2 heteroatoms. The van der Waals surface area contributed by atoms with Crippen molar-refractivity contribution in [2.45, 2.75) is 20.8 Å². The van der Waals surface area contributed by atoms with Crippen molar-refractivity contribution in [1.29, 1.82) is 0 Å². The van der Waals surface area contributed by atoms with Crippen molar-refractivity contribution in [1.82, 2.24) is 4.98 Å². The maximum Gasteiger partial charge on any atom is 0.233 e. The first-order chi connectivity index (χ1) is 10.6. The van der Waals surface area contributed by atoms with Crippen LogP contribution in [0.2, 0.25) is 0 Å². The van der Waals surface area contributed by atoms with Crippen LogP contribution < -0.4 is 4.57 Å². The third-order valence-electron chi connectivity index (χ3n) is 4.01. The van der Waals surface area contributed by atoms with Gasteiger partial charge in [0.25, 0.3) is 0 Å². The van der Waals surface area contributed by atoms with Gasteiger partial charge in [0.15, 0.2) is 6.20 Å². The van der Waals surface area contributed by atoms with Crippen LogP contribution in [0.4, 0.5) is 0 Å². The summed E-state index contributed by atoms with van der Waals surface area (Å²) in [5.74, 6) is 0. The molecule has 0 aliphatic heterocycles. The molecule has 0 aliphatic carbocycles. The summed E-state index contributed by atoms with van der Waals surface area (Å²) in [5.41, 5.74) is 8.17. The van der Waals surface area contributed by atoms with Crippen molar-refractivity contribution < 1.29 is 4.57 Å². The molecule has 1 aromatic heterocycles. The zero-order valence-electron chi connectivity index (χ0n) is 13.6. The Labute approximate surface area is 132 Å². The minimum atomic E-state index is 1.01. The van der Waals surface area contributed by atoms with Gasteiger partial charge >= 0.3 is 0 Å². The highest BCUT2D eigenvalue weighted by molar-refractivity contribution is 5.65. The van der Waals surface area contributed by atoms with E-state index in [0.717, 1.165) is 17.0 Å². The molecule has 0 atom stereocenters. The van der Waals surface area contributed by atoms with Gasteiger partial charge in [-0.1, -0.05) is 42.0 Å². The summed E-state index contributed by atoms with van der Waals surface area (Å²) < 4.78 is 2.18. The molecular formula is C20H21N2+. The first-order valence-corrected chi connectivity index (χ1v) is 7.56. The standard InChI is InChI=1S/C20H21N2/c1-14-8-7-10-17(12-14)19-13-22(4)20(16(3)21-19)18-11-6-5-9-15(18)2/h5-13H,1-4H3/q+1. The lowest BCUT2D eigenvalue weighted by molar-refractivity contribution is -0.660. The average Bonchev–Trinajstić information content (AvgIpc) is 2.48. The van der Waals surface area contributed by atoms with E-state index in [9.17, 15) is 0 Å². The van der Waals surface area contributed by atoms with Crippen molar-refractivity contribution >= 4 is 0 Å². The van der Waals surface area contributed by atoms with Gasteiger partial charge in [-0.15, -0.1) is 0 Å². The first kappa shape index (κ1) is 14.5. The summed E-state index contributed by atoms with van der Waals surface area (Å²) in [6, 6.07) is 16.9. The lowest BCUT2D eigenvalue weighted by Gasteiger charge is -2.09. The number of rotatable bonds is 2. The fourth-order valence-electron chi connectivity index (χ4n) is 2.93. The maximum atomic E-state index is 4.84. The predicted octanol–water partition coefficient (Wildman–Crippen LogP) is 4.17. The topological polar surface area (TPSA) is 16.8 Å². The van der Waals surface area contributed by atoms with Gasteiger partial charge in [-0.2, -0.15) is 4.57 Å². The van der Waals surface area contributed by atoms with Crippen LogP contribution >= 0.6 is 0 Å². The van der Waals surface area contributed by atoms with Crippen LogP contribution in [0, 0.1) is 20.8 Å². The fourth-order valence-corrected chi connectivity index (χ4v) is 2.93. The second kappa shape index (κ2) is 5.72. The van der Waals surface area contributed by atoms with Crippen molar-refractivity contribution in [3.05, 3.63) is 71.5 Å². The van der Waals surface area contributed by atoms with Crippen molar-refractivity contribution in [3.63, 3.8) is 0 Å². The lowest BCUT2D eigenvalue weighted by atomic mass is 10.0. The van der Waals surface area contributed by atoms with Crippen LogP contribution in [0.5, 0.6) is 0 Å². The summed E-state index contributed by atoms with van der Waals surface area (Å²) in [7, 11) is 2.09. The van der Waals surface area contributed by atoms with Crippen LogP contribution in [-0.4, -0.2) is 4.98 Å². The highest BCUT2D eigenvalue weighted by Gasteiger charge is 2.18. The lowest BCUT2D eigenvalue weighted by Crippen LogP contribution is -2.33. The Morgan fingerprint density at radius 1 is 0.909 bits per heavy atom. The Hall–Kier alpha value is -2.48. The van der Waals surface area contributed by atoms with Gasteiger partial charge in [-0.3, -0.25) is 0 Å². The van der Waals surface area contributed by atoms with Gasteiger partial charge in [0.05, 0.1) is 5.56 Å². The van der Waals surface area contributed by atoms with E-state index in [-0.39, 0.29) is 0 Å². The Morgan fingerprint density at radius 3 is 2.36 bits per heavy atom. The molecule has 0 fully saturated rings. The molecule has 3 aromatic rings. The maximum absolute atomic E-state index is 4.84. The summed E-state index contributed by atoms with van der Waals surface area (Å²) in [6.45, 7) is 6.34. The molecule has 0 saturated carbocycles. The largest absolute Gasteiger partial charge is 0.240 e. The normalized spacial score (nSPS) is 10.7. The van der Waals surface area contributed by atoms with Crippen LogP contribution in [0.1, 0.15) is 16.8 Å². The number of benzene rings is 2. The van der Waals surface area contributed by atoms with Crippen molar-refractivity contribution in [3.8, 4) is 22.5 Å². The van der Waals surface area contributed by atoms with E-state index < -0.39 is 0 Å². The molecule has 110 valence electrons. The molecule has 0 N–H and O–H groups in total. The van der Waals surface area contributed by atoms with Gasteiger partial charge < -0.3 is 0 Å². The number of aromatic nitrogens is 2. The van der Waals surface area contributed by atoms with E-state index in [2.05, 4.69) is 87.1 Å². The first-order valence-electron chi connectivity index (χ1n) is 7.56. The van der Waals surface area contributed by atoms with Gasteiger partial charge in [0, 0.05) is 5.56 Å².